The van der Waals surface area contributed by atoms with E-state index in [1.807, 2.05) is 6.92 Å². The summed E-state index contributed by atoms with van der Waals surface area (Å²) >= 11 is 0. The number of hydrogen-bond donors (Lipinski definition) is 0. The zero-order valence-electron chi connectivity index (χ0n) is 27.5. The molecule has 0 bridgehead atoms. The van der Waals surface area contributed by atoms with Crippen molar-refractivity contribution in [2.45, 2.75) is 112 Å². The number of rotatable bonds is 11. The van der Waals surface area contributed by atoms with Crippen LogP contribution in [0.15, 0.2) is 23.8 Å². The van der Waals surface area contributed by atoms with Gasteiger partial charge < -0.3 is 28.4 Å². The quantitative estimate of drug-likeness (QED) is 0.108. The largest absolute Gasteiger partial charge is 0.462 e. The van der Waals surface area contributed by atoms with Crippen molar-refractivity contribution >= 4 is 29.8 Å². The maximum Gasteiger partial charge on any atom is 0.331 e. The zero-order valence-corrected chi connectivity index (χ0v) is 27.5. The van der Waals surface area contributed by atoms with Crippen LogP contribution in [0.25, 0.3) is 0 Å². The van der Waals surface area contributed by atoms with Crippen molar-refractivity contribution in [1.29, 1.82) is 0 Å². The Morgan fingerprint density at radius 1 is 0.864 bits per heavy atom. The monoisotopic (exact) mass is 620 g/mol. The Kier molecular flexibility index (Phi) is 11.1. The lowest BCUT2D eigenvalue weighted by Gasteiger charge is -2.44. The molecule has 0 aromatic rings. The number of epoxide rings is 1. The minimum Gasteiger partial charge on any atom is -0.462 e. The molecule has 3 fully saturated rings. The molecule has 3 rings (SSSR count). The van der Waals surface area contributed by atoms with E-state index in [-0.39, 0.29) is 11.8 Å². The van der Waals surface area contributed by atoms with E-state index in [0.29, 0.717) is 24.2 Å². The summed E-state index contributed by atoms with van der Waals surface area (Å²) in [4.78, 5) is 62.8. The molecule has 44 heavy (non-hydrogen) atoms. The van der Waals surface area contributed by atoms with Crippen molar-refractivity contribution in [2.24, 2.45) is 35.5 Å². The fourth-order valence-corrected chi connectivity index (χ4v) is 6.51. The number of hydrogen-bond acceptors (Lipinski definition) is 11. The molecule has 0 aromatic heterocycles. The third-order valence-corrected chi connectivity index (χ3v) is 9.00. The normalized spacial score (nSPS) is 32.8. The van der Waals surface area contributed by atoms with Crippen molar-refractivity contribution in [3.8, 4) is 0 Å². The second-order valence-corrected chi connectivity index (χ2v) is 13.2. The maximum absolute atomic E-state index is 13.1. The molecule has 1 aliphatic heterocycles. The van der Waals surface area contributed by atoms with Gasteiger partial charge in [-0.15, -0.1) is 0 Å². The lowest BCUT2D eigenvalue weighted by atomic mass is 9.62. The molecule has 0 aromatic carbocycles. The van der Waals surface area contributed by atoms with Crippen LogP contribution in [0.5, 0.6) is 0 Å². The molecular weight excluding hydrogens is 572 g/mol. The predicted octanol–water partition coefficient (Wildman–Crippen LogP) is 4.11. The van der Waals surface area contributed by atoms with Crippen molar-refractivity contribution < 1.29 is 52.4 Å². The summed E-state index contributed by atoms with van der Waals surface area (Å²) in [6, 6.07) is 0. The fourth-order valence-electron chi connectivity index (χ4n) is 6.51. The first kappa shape index (κ1) is 35.3. The molecule has 3 aliphatic rings. The van der Waals surface area contributed by atoms with Crippen molar-refractivity contribution in [3.05, 3.63) is 23.8 Å². The van der Waals surface area contributed by atoms with E-state index in [1.165, 1.54) is 19.9 Å². The molecule has 246 valence electrons. The molecule has 2 saturated carbocycles. The van der Waals surface area contributed by atoms with Crippen molar-refractivity contribution in [3.63, 3.8) is 0 Å². The third-order valence-electron chi connectivity index (χ3n) is 9.00. The highest BCUT2D eigenvalue weighted by molar-refractivity contribution is 5.83. The Balaban J connectivity index is 2.09. The molecule has 2 aliphatic carbocycles. The summed E-state index contributed by atoms with van der Waals surface area (Å²) < 4.78 is 34.9. The molecule has 1 saturated heterocycles. The minimum absolute atomic E-state index is 0.258. The van der Waals surface area contributed by atoms with E-state index in [1.54, 1.807) is 48.5 Å². The molecule has 0 spiro atoms. The topological polar surface area (TPSA) is 144 Å². The summed E-state index contributed by atoms with van der Waals surface area (Å²) in [5.74, 6) is -5.31. The third kappa shape index (κ3) is 7.89. The Labute approximate surface area is 260 Å². The van der Waals surface area contributed by atoms with Crippen molar-refractivity contribution in [2.75, 3.05) is 6.61 Å². The van der Waals surface area contributed by atoms with Crippen LogP contribution in [0.4, 0.5) is 0 Å². The molecule has 11 heteroatoms. The van der Waals surface area contributed by atoms with Crippen LogP contribution < -0.4 is 0 Å². The van der Waals surface area contributed by atoms with E-state index in [9.17, 15) is 24.0 Å². The molecular formula is C33H48O11. The van der Waals surface area contributed by atoms with E-state index >= 15 is 0 Å². The Bertz CT molecular complexity index is 1180. The fraction of sp³-hybridized carbons (Fsp3) is 0.727. The average molecular weight is 621 g/mol. The Morgan fingerprint density at radius 2 is 1.39 bits per heavy atom. The smallest absolute Gasteiger partial charge is 0.331 e. The van der Waals surface area contributed by atoms with Crippen LogP contribution in [-0.4, -0.2) is 72.6 Å². The lowest BCUT2D eigenvalue weighted by molar-refractivity contribution is -0.177. The van der Waals surface area contributed by atoms with E-state index < -0.39 is 89.6 Å². The van der Waals surface area contributed by atoms with Gasteiger partial charge in [-0.05, 0) is 57.1 Å². The van der Waals surface area contributed by atoms with Gasteiger partial charge in [-0.2, -0.15) is 0 Å². The first-order valence-electron chi connectivity index (χ1n) is 15.3. The van der Waals surface area contributed by atoms with Gasteiger partial charge in [0.05, 0.1) is 24.0 Å². The second-order valence-electron chi connectivity index (χ2n) is 13.2. The van der Waals surface area contributed by atoms with Gasteiger partial charge in [-0.25, -0.2) is 4.79 Å². The van der Waals surface area contributed by atoms with Crippen LogP contribution >= 0.6 is 0 Å². The van der Waals surface area contributed by atoms with Crippen LogP contribution in [0.3, 0.4) is 0 Å². The Morgan fingerprint density at radius 3 is 1.86 bits per heavy atom. The highest BCUT2D eigenvalue weighted by Crippen LogP contribution is 2.60. The first-order valence-corrected chi connectivity index (χ1v) is 15.3. The van der Waals surface area contributed by atoms with Gasteiger partial charge in [0.1, 0.15) is 30.5 Å². The van der Waals surface area contributed by atoms with E-state index in [4.69, 9.17) is 28.4 Å². The predicted molar refractivity (Wildman–Crippen MR) is 158 cm³/mol. The minimum atomic E-state index is -0.972. The van der Waals surface area contributed by atoms with Gasteiger partial charge in [0, 0.05) is 31.8 Å². The van der Waals surface area contributed by atoms with Gasteiger partial charge in [0.2, 0.25) is 0 Å². The van der Waals surface area contributed by atoms with Crippen LogP contribution in [0.2, 0.25) is 0 Å². The first-order chi connectivity index (χ1) is 20.4. The molecule has 1 heterocycles. The van der Waals surface area contributed by atoms with E-state index in [2.05, 4.69) is 6.58 Å². The van der Waals surface area contributed by atoms with Gasteiger partial charge >= 0.3 is 29.8 Å². The second kappa shape index (κ2) is 13.8. The molecule has 0 radical (unpaired) electrons. The molecule has 0 N–H and O–H groups in total. The standard InChI is InChI=1S/C33H48O11/c1-15(2)31(37)43-29-26-18(6)24(42-25(36)12-17(5)19(7)40-21(9)34)13-23(33(11)14-39-33)28(26)27(20(8)41-22(10)35)30(29)44-32(38)16(3)4/h12,15-16,19-20,23-24,26-30H,6,13-14H2,1-5,7-11H3. The van der Waals surface area contributed by atoms with Gasteiger partial charge in [-0.3, -0.25) is 19.2 Å². The lowest BCUT2D eigenvalue weighted by Crippen LogP contribution is -2.48. The number of ether oxygens (including phenoxy) is 6. The van der Waals surface area contributed by atoms with Crippen LogP contribution in [0, 0.1) is 35.5 Å². The van der Waals surface area contributed by atoms with E-state index in [0.717, 1.165) is 0 Å². The number of esters is 5. The summed E-state index contributed by atoms with van der Waals surface area (Å²) in [6.45, 7) is 21.2. The van der Waals surface area contributed by atoms with Crippen LogP contribution in [-0.2, 0) is 52.4 Å². The summed E-state index contributed by atoms with van der Waals surface area (Å²) in [5.41, 5.74) is 0.411. The molecule has 0 amide bonds. The zero-order chi connectivity index (χ0) is 33.3. The van der Waals surface area contributed by atoms with Crippen LogP contribution in [0.1, 0.15) is 75.7 Å². The number of carbonyl (C=O) groups excluding carboxylic acids is 5. The molecule has 11 nitrogen and oxygen atoms in total. The molecule has 10 atom stereocenters. The summed E-state index contributed by atoms with van der Waals surface area (Å²) in [5, 5.41) is 0. The number of carbonyl (C=O) groups is 5. The molecule has 10 unspecified atom stereocenters. The average Bonchev–Trinajstić information content (AvgIpc) is 3.57. The summed E-state index contributed by atoms with van der Waals surface area (Å²) in [6.07, 6.45) is -2.43. The highest BCUT2D eigenvalue weighted by atomic mass is 16.6. The highest BCUT2D eigenvalue weighted by Gasteiger charge is 2.67. The Hall–Kier alpha value is -3.21. The van der Waals surface area contributed by atoms with Crippen molar-refractivity contribution in [1.82, 2.24) is 0 Å². The maximum atomic E-state index is 13.1. The van der Waals surface area contributed by atoms with Gasteiger partial charge in [-0.1, -0.05) is 34.3 Å². The number of fused-ring (bicyclic) bond motifs is 1. The van der Waals surface area contributed by atoms with Gasteiger partial charge in [0.25, 0.3) is 0 Å². The SMILES string of the molecule is C=C1C(OC(=O)C=C(C)C(C)OC(C)=O)CC(C2(C)CO2)C2C1C(OC(=O)C(C)C)C(OC(=O)C(C)C)C2C(C)OC(C)=O. The van der Waals surface area contributed by atoms with Gasteiger partial charge in [0.15, 0.2) is 0 Å². The summed E-state index contributed by atoms with van der Waals surface area (Å²) in [7, 11) is 0.